The zero-order chi connectivity index (χ0) is 22.1. The first-order chi connectivity index (χ1) is 15.6. The van der Waals surface area contributed by atoms with Crippen molar-refractivity contribution in [1.82, 2.24) is 19.3 Å². The molecule has 0 radical (unpaired) electrons. The Morgan fingerprint density at radius 3 is 2.66 bits per heavy atom. The van der Waals surface area contributed by atoms with Crippen molar-refractivity contribution in [3.05, 3.63) is 107 Å². The van der Waals surface area contributed by atoms with E-state index in [2.05, 4.69) is 14.6 Å². The van der Waals surface area contributed by atoms with Crippen LogP contribution in [0.5, 0.6) is 5.75 Å². The molecule has 0 spiro atoms. The highest BCUT2D eigenvalue weighted by atomic mass is 35.5. The lowest BCUT2D eigenvalue weighted by molar-refractivity contribution is 0.104. The van der Waals surface area contributed by atoms with Crippen LogP contribution in [0.3, 0.4) is 0 Å². The quantitative estimate of drug-likeness (QED) is 0.341. The average molecular weight is 443 g/mol. The smallest absolute Gasteiger partial charge is 0.198 e. The molecule has 0 amide bonds. The Morgan fingerprint density at radius 2 is 1.91 bits per heavy atom. The maximum atomic E-state index is 13.5. The Hall–Kier alpha value is -3.90. The van der Waals surface area contributed by atoms with Crippen LogP contribution in [-0.2, 0) is 6.54 Å². The van der Waals surface area contributed by atoms with Crippen molar-refractivity contribution in [2.24, 2.45) is 0 Å². The molecular formula is C25H19ClN4O2. The fraction of sp³-hybridized carbons (Fsp3) is 0.0800. The maximum Gasteiger partial charge on any atom is 0.198 e. The van der Waals surface area contributed by atoms with Gasteiger partial charge in [0.25, 0.3) is 0 Å². The number of pyridine rings is 1. The third-order valence-electron chi connectivity index (χ3n) is 5.35. The molecule has 32 heavy (non-hydrogen) atoms. The maximum absolute atomic E-state index is 13.5. The van der Waals surface area contributed by atoms with Crippen LogP contribution in [0.2, 0.25) is 5.02 Å². The lowest BCUT2D eigenvalue weighted by Gasteiger charge is -2.06. The normalized spacial score (nSPS) is 11.1. The first-order valence-electron chi connectivity index (χ1n) is 10.0. The predicted octanol–water partition coefficient (Wildman–Crippen LogP) is 5.16. The molecule has 0 aliphatic rings. The molecule has 0 unspecified atom stereocenters. The van der Waals surface area contributed by atoms with Crippen molar-refractivity contribution in [1.29, 1.82) is 0 Å². The van der Waals surface area contributed by atoms with Gasteiger partial charge in [-0.2, -0.15) is 5.10 Å². The van der Waals surface area contributed by atoms with Crippen molar-refractivity contribution < 1.29 is 9.53 Å². The first-order valence-corrected chi connectivity index (χ1v) is 10.4. The molecule has 2 aromatic carbocycles. The summed E-state index contributed by atoms with van der Waals surface area (Å²) in [5.74, 6) is 0.593. The highest BCUT2D eigenvalue weighted by molar-refractivity contribution is 6.30. The summed E-state index contributed by atoms with van der Waals surface area (Å²) in [5, 5.41) is 5.86. The summed E-state index contributed by atoms with van der Waals surface area (Å²) in [5.41, 5.74) is 3.92. The molecule has 3 heterocycles. The van der Waals surface area contributed by atoms with E-state index in [9.17, 15) is 4.79 Å². The first kappa shape index (κ1) is 20.0. The van der Waals surface area contributed by atoms with Gasteiger partial charge < -0.3 is 9.30 Å². The molecule has 7 heteroatoms. The zero-order valence-electron chi connectivity index (χ0n) is 17.3. The van der Waals surface area contributed by atoms with E-state index in [1.54, 1.807) is 36.6 Å². The number of aromatic nitrogens is 4. The molecule has 0 aliphatic heterocycles. The number of hydrogen-bond donors (Lipinski definition) is 0. The van der Waals surface area contributed by atoms with Crippen LogP contribution in [0.4, 0.5) is 0 Å². The van der Waals surface area contributed by atoms with Gasteiger partial charge in [0.05, 0.1) is 30.8 Å². The Balaban J connectivity index is 1.56. The molecular weight excluding hydrogens is 424 g/mol. The lowest BCUT2D eigenvalue weighted by Crippen LogP contribution is -2.01. The third-order valence-corrected chi connectivity index (χ3v) is 5.61. The minimum Gasteiger partial charge on any atom is -0.497 e. The largest absolute Gasteiger partial charge is 0.497 e. The standard InChI is InChI=1S/C25H19ClN4O2/c1-32-21-8-9-24-22(11-21)23(16-29(24)14-17-4-6-19(26)7-5-17)25(31)18-12-28-30(15-18)20-3-2-10-27-13-20/h2-13,15-16H,14H2,1H3. The number of nitrogens with zero attached hydrogens (tertiary/aromatic N) is 4. The Bertz CT molecular complexity index is 1410. The summed E-state index contributed by atoms with van der Waals surface area (Å²) < 4.78 is 9.12. The summed E-state index contributed by atoms with van der Waals surface area (Å²) in [7, 11) is 1.62. The van der Waals surface area contributed by atoms with Gasteiger partial charge in [0.2, 0.25) is 0 Å². The molecule has 0 saturated carbocycles. The number of benzene rings is 2. The predicted molar refractivity (Wildman–Crippen MR) is 124 cm³/mol. The van der Waals surface area contributed by atoms with Crippen LogP contribution in [0, 0.1) is 0 Å². The molecule has 0 saturated heterocycles. The van der Waals surface area contributed by atoms with Gasteiger partial charge >= 0.3 is 0 Å². The minimum absolute atomic E-state index is 0.103. The van der Waals surface area contributed by atoms with Crippen LogP contribution in [0.1, 0.15) is 21.5 Å². The van der Waals surface area contributed by atoms with Gasteiger partial charge in [0.15, 0.2) is 5.78 Å². The second-order valence-corrected chi connectivity index (χ2v) is 7.83. The van der Waals surface area contributed by atoms with E-state index in [0.717, 1.165) is 22.2 Å². The molecule has 0 aliphatic carbocycles. The molecule has 6 nitrogen and oxygen atoms in total. The Labute approximate surface area is 189 Å². The summed E-state index contributed by atoms with van der Waals surface area (Å²) in [6.07, 6.45) is 8.59. The fourth-order valence-corrected chi connectivity index (χ4v) is 3.85. The van der Waals surface area contributed by atoms with E-state index in [0.29, 0.717) is 28.4 Å². The molecule has 158 valence electrons. The molecule has 0 atom stereocenters. The van der Waals surface area contributed by atoms with Gasteiger partial charge in [0, 0.05) is 46.6 Å². The number of ketones is 1. The molecule has 0 bridgehead atoms. The van der Waals surface area contributed by atoms with Crippen LogP contribution in [0.15, 0.2) is 85.6 Å². The number of carbonyl (C=O) groups excluding carboxylic acids is 1. The molecule has 5 aromatic rings. The SMILES string of the molecule is COc1ccc2c(c1)c(C(=O)c1cnn(-c3cccnc3)c1)cn2Cc1ccc(Cl)cc1. The van der Waals surface area contributed by atoms with E-state index in [4.69, 9.17) is 16.3 Å². The summed E-state index contributed by atoms with van der Waals surface area (Å²) in [6.45, 7) is 0.613. The summed E-state index contributed by atoms with van der Waals surface area (Å²) in [6, 6.07) is 17.2. The highest BCUT2D eigenvalue weighted by Crippen LogP contribution is 2.29. The van der Waals surface area contributed by atoms with Crippen molar-refractivity contribution in [3.8, 4) is 11.4 Å². The van der Waals surface area contributed by atoms with E-state index in [1.165, 1.54) is 0 Å². The lowest BCUT2D eigenvalue weighted by atomic mass is 10.1. The van der Waals surface area contributed by atoms with Crippen molar-refractivity contribution >= 4 is 28.3 Å². The van der Waals surface area contributed by atoms with Crippen molar-refractivity contribution in [2.75, 3.05) is 7.11 Å². The van der Waals surface area contributed by atoms with Gasteiger partial charge in [-0.25, -0.2) is 4.68 Å². The van der Waals surface area contributed by atoms with E-state index < -0.39 is 0 Å². The number of fused-ring (bicyclic) bond motifs is 1. The van der Waals surface area contributed by atoms with Crippen molar-refractivity contribution in [3.63, 3.8) is 0 Å². The van der Waals surface area contributed by atoms with Gasteiger partial charge in [-0.1, -0.05) is 23.7 Å². The van der Waals surface area contributed by atoms with E-state index in [-0.39, 0.29) is 5.78 Å². The Kier molecular flexibility index (Phi) is 5.21. The third kappa shape index (κ3) is 3.76. The van der Waals surface area contributed by atoms with E-state index in [1.807, 2.05) is 60.8 Å². The second-order valence-electron chi connectivity index (χ2n) is 7.39. The number of carbonyl (C=O) groups is 1. The van der Waals surface area contributed by atoms with Crippen LogP contribution < -0.4 is 4.74 Å². The number of methoxy groups -OCH3 is 1. The van der Waals surface area contributed by atoms with Gasteiger partial charge in [-0.3, -0.25) is 9.78 Å². The number of hydrogen-bond acceptors (Lipinski definition) is 4. The highest BCUT2D eigenvalue weighted by Gasteiger charge is 2.19. The van der Waals surface area contributed by atoms with Crippen LogP contribution in [0.25, 0.3) is 16.6 Å². The number of halogens is 1. The topological polar surface area (TPSA) is 61.9 Å². The fourth-order valence-electron chi connectivity index (χ4n) is 3.73. The van der Waals surface area contributed by atoms with E-state index >= 15 is 0 Å². The molecule has 3 aromatic heterocycles. The molecule has 0 fully saturated rings. The zero-order valence-corrected chi connectivity index (χ0v) is 18.0. The second kappa shape index (κ2) is 8.32. The van der Waals surface area contributed by atoms with Crippen LogP contribution >= 0.6 is 11.6 Å². The number of rotatable bonds is 6. The number of ether oxygens (including phenoxy) is 1. The molecule has 0 N–H and O–H groups in total. The van der Waals surface area contributed by atoms with Crippen LogP contribution in [-0.4, -0.2) is 32.2 Å². The summed E-state index contributed by atoms with van der Waals surface area (Å²) in [4.78, 5) is 17.6. The average Bonchev–Trinajstić information content (AvgIpc) is 3.46. The summed E-state index contributed by atoms with van der Waals surface area (Å²) >= 11 is 6.03. The van der Waals surface area contributed by atoms with Crippen molar-refractivity contribution in [2.45, 2.75) is 6.54 Å². The molecule has 5 rings (SSSR count). The van der Waals surface area contributed by atoms with Gasteiger partial charge in [0.1, 0.15) is 5.75 Å². The minimum atomic E-state index is -0.103. The Morgan fingerprint density at radius 1 is 1.06 bits per heavy atom. The van der Waals surface area contributed by atoms with Gasteiger partial charge in [-0.15, -0.1) is 0 Å². The monoisotopic (exact) mass is 442 g/mol. The van der Waals surface area contributed by atoms with Gasteiger partial charge in [-0.05, 0) is 48.0 Å².